The van der Waals surface area contributed by atoms with Crippen LogP contribution in [-0.4, -0.2) is 0 Å². The van der Waals surface area contributed by atoms with Crippen LogP contribution < -0.4 is 0 Å². The number of hydrogen-bond acceptors (Lipinski definition) is 0. The largest absolute Gasteiger partial charge is 0.0654 e. The zero-order valence-corrected chi connectivity index (χ0v) is 8.35. The fraction of sp³-hybridized carbons (Fsp3) is 0.400. The van der Waals surface area contributed by atoms with E-state index in [9.17, 15) is 0 Å². The molecule has 1 aromatic rings. The average molecular weight is 185 g/mol. The molecule has 0 amide bonds. The Morgan fingerprint density at radius 2 is 1.73 bits per heavy atom. The Bertz CT molecular complexity index is 169. The van der Waals surface area contributed by atoms with Gasteiger partial charge in [-0.25, -0.2) is 0 Å². The second kappa shape index (κ2) is 6.51. The van der Waals surface area contributed by atoms with E-state index in [1.165, 1.54) is 24.8 Å². The molecule has 1 rings (SSSR count). The number of aryl methyl sites for hydroxylation is 1. The van der Waals surface area contributed by atoms with Crippen LogP contribution in [0.4, 0.5) is 0 Å². The molecule has 0 spiro atoms. The second-order valence-electron chi connectivity index (χ2n) is 2.59. The summed E-state index contributed by atoms with van der Waals surface area (Å²) in [5.41, 5.74) is 1.46. The fourth-order valence-electron chi connectivity index (χ4n) is 1.03. The van der Waals surface area contributed by atoms with Crippen molar-refractivity contribution < 1.29 is 18.6 Å². The number of unbranched alkanes of at least 4 members (excludes halogenated alkanes) is 1. The molecule has 0 unspecified atom stereocenters. The quantitative estimate of drug-likeness (QED) is 0.679. The Morgan fingerprint density at radius 3 is 2.27 bits per heavy atom. The summed E-state index contributed by atoms with van der Waals surface area (Å²) in [6.07, 6.45) is 3.83. The van der Waals surface area contributed by atoms with Gasteiger partial charge in [0.2, 0.25) is 0 Å². The van der Waals surface area contributed by atoms with E-state index in [2.05, 4.69) is 37.3 Å². The van der Waals surface area contributed by atoms with E-state index in [4.69, 9.17) is 0 Å². The maximum absolute atomic E-state index is 2.23. The van der Waals surface area contributed by atoms with E-state index in [0.717, 1.165) is 0 Å². The van der Waals surface area contributed by atoms with Crippen LogP contribution in [0.15, 0.2) is 30.3 Å². The van der Waals surface area contributed by atoms with Gasteiger partial charge in [0.15, 0.2) is 0 Å². The first kappa shape index (κ1) is 10.8. The van der Waals surface area contributed by atoms with Crippen LogP contribution in [0.3, 0.4) is 0 Å². The van der Waals surface area contributed by atoms with Gasteiger partial charge in [-0.05, 0) is 18.4 Å². The van der Waals surface area contributed by atoms with Crippen molar-refractivity contribution in [3.05, 3.63) is 35.9 Å². The minimum atomic E-state index is 0. The smallest absolute Gasteiger partial charge is 0 e. The Balaban J connectivity index is 0.000001000. The molecule has 0 bridgehead atoms. The molecule has 0 aliphatic rings. The van der Waals surface area contributed by atoms with E-state index in [0.29, 0.717) is 0 Å². The van der Waals surface area contributed by atoms with Crippen molar-refractivity contribution in [1.82, 2.24) is 0 Å². The van der Waals surface area contributed by atoms with Gasteiger partial charge >= 0.3 is 0 Å². The summed E-state index contributed by atoms with van der Waals surface area (Å²) >= 11 is 0. The van der Waals surface area contributed by atoms with Crippen LogP contribution in [-0.2, 0) is 25.0 Å². The molecule has 0 saturated heterocycles. The topological polar surface area (TPSA) is 0 Å². The van der Waals surface area contributed by atoms with E-state index >= 15 is 0 Å². The van der Waals surface area contributed by atoms with E-state index in [-0.39, 0.29) is 18.6 Å². The molecule has 0 nitrogen and oxygen atoms in total. The molecule has 11 heavy (non-hydrogen) atoms. The molecular formula is C10H14V. The summed E-state index contributed by atoms with van der Waals surface area (Å²) < 4.78 is 0. The first-order valence-corrected chi connectivity index (χ1v) is 3.97. The average Bonchev–Trinajstić information content (AvgIpc) is 2.03. The third-order valence-corrected chi connectivity index (χ3v) is 1.66. The molecule has 1 aromatic carbocycles. The molecule has 0 aromatic heterocycles. The number of rotatable bonds is 3. The minimum absolute atomic E-state index is 0. The SMILES string of the molecule is CCCCc1ccccc1.[V]. The molecule has 59 valence electrons. The monoisotopic (exact) mass is 185 g/mol. The maximum atomic E-state index is 2.23. The molecule has 0 saturated carbocycles. The zero-order valence-electron chi connectivity index (χ0n) is 6.96. The van der Waals surface area contributed by atoms with Crippen molar-refractivity contribution in [2.45, 2.75) is 26.2 Å². The summed E-state index contributed by atoms with van der Waals surface area (Å²) in [6.45, 7) is 2.23. The number of hydrogen-bond donors (Lipinski definition) is 0. The van der Waals surface area contributed by atoms with Gasteiger partial charge in [-0.1, -0.05) is 43.7 Å². The van der Waals surface area contributed by atoms with Crippen molar-refractivity contribution in [3.63, 3.8) is 0 Å². The van der Waals surface area contributed by atoms with E-state index < -0.39 is 0 Å². The van der Waals surface area contributed by atoms with Gasteiger partial charge in [0.05, 0.1) is 0 Å². The predicted molar refractivity (Wildman–Crippen MR) is 45.1 cm³/mol. The van der Waals surface area contributed by atoms with Gasteiger partial charge in [0, 0.05) is 18.6 Å². The van der Waals surface area contributed by atoms with Gasteiger partial charge in [-0.2, -0.15) is 0 Å². The molecule has 0 N–H and O–H groups in total. The van der Waals surface area contributed by atoms with Crippen LogP contribution in [0.25, 0.3) is 0 Å². The van der Waals surface area contributed by atoms with Crippen molar-refractivity contribution in [2.24, 2.45) is 0 Å². The first-order chi connectivity index (χ1) is 4.93. The molecule has 0 aliphatic carbocycles. The van der Waals surface area contributed by atoms with Crippen LogP contribution in [0.2, 0.25) is 0 Å². The first-order valence-electron chi connectivity index (χ1n) is 3.97. The second-order valence-corrected chi connectivity index (χ2v) is 2.59. The van der Waals surface area contributed by atoms with Gasteiger partial charge in [-0.15, -0.1) is 0 Å². The zero-order chi connectivity index (χ0) is 7.23. The fourth-order valence-corrected chi connectivity index (χ4v) is 1.03. The molecule has 0 heterocycles. The molecule has 0 fully saturated rings. The van der Waals surface area contributed by atoms with Crippen LogP contribution in [0.1, 0.15) is 25.3 Å². The minimum Gasteiger partial charge on any atom is -0.0654 e. The molecular weight excluding hydrogens is 171 g/mol. The Labute approximate surface area is 80.9 Å². The Morgan fingerprint density at radius 1 is 1.09 bits per heavy atom. The summed E-state index contributed by atoms with van der Waals surface area (Å²) in [6, 6.07) is 10.6. The summed E-state index contributed by atoms with van der Waals surface area (Å²) in [7, 11) is 0. The van der Waals surface area contributed by atoms with E-state index in [1.807, 2.05) is 0 Å². The molecule has 1 radical (unpaired) electrons. The van der Waals surface area contributed by atoms with Crippen molar-refractivity contribution >= 4 is 0 Å². The van der Waals surface area contributed by atoms with Gasteiger partial charge in [-0.3, -0.25) is 0 Å². The molecule has 0 aliphatic heterocycles. The van der Waals surface area contributed by atoms with Crippen molar-refractivity contribution in [1.29, 1.82) is 0 Å². The van der Waals surface area contributed by atoms with Crippen LogP contribution in [0, 0.1) is 0 Å². The van der Waals surface area contributed by atoms with Gasteiger partial charge < -0.3 is 0 Å². The standard InChI is InChI=1S/C10H14.V/c1-2-3-7-10-8-5-4-6-9-10;/h4-6,8-9H,2-3,7H2,1H3;. The van der Waals surface area contributed by atoms with Crippen molar-refractivity contribution in [3.8, 4) is 0 Å². The third kappa shape index (κ3) is 4.29. The molecule has 0 atom stereocenters. The Kier molecular flexibility index (Phi) is 6.39. The van der Waals surface area contributed by atoms with Gasteiger partial charge in [0.25, 0.3) is 0 Å². The van der Waals surface area contributed by atoms with Gasteiger partial charge in [0.1, 0.15) is 0 Å². The van der Waals surface area contributed by atoms with Crippen molar-refractivity contribution in [2.75, 3.05) is 0 Å². The van der Waals surface area contributed by atoms with Crippen LogP contribution >= 0.6 is 0 Å². The molecule has 1 heteroatoms. The summed E-state index contributed by atoms with van der Waals surface area (Å²) in [4.78, 5) is 0. The predicted octanol–water partition coefficient (Wildman–Crippen LogP) is 3.03. The number of benzene rings is 1. The summed E-state index contributed by atoms with van der Waals surface area (Å²) in [5, 5.41) is 0. The van der Waals surface area contributed by atoms with E-state index in [1.54, 1.807) is 0 Å². The summed E-state index contributed by atoms with van der Waals surface area (Å²) in [5.74, 6) is 0. The third-order valence-electron chi connectivity index (χ3n) is 1.66. The Hall–Kier alpha value is -0.196. The maximum Gasteiger partial charge on any atom is 0 e. The normalized spacial score (nSPS) is 8.82. The van der Waals surface area contributed by atoms with Crippen LogP contribution in [0.5, 0.6) is 0 Å².